The summed E-state index contributed by atoms with van der Waals surface area (Å²) in [5.74, 6) is 0.901. The van der Waals surface area contributed by atoms with Gasteiger partial charge in [0.15, 0.2) is 0 Å². The Labute approximate surface area is 136 Å². The van der Waals surface area contributed by atoms with E-state index in [0.717, 1.165) is 44.6 Å². The molecule has 1 aromatic heterocycles. The molecule has 0 spiro atoms. The molecule has 3 rings (SSSR count). The van der Waals surface area contributed by atoms with Crippen molar-refractivity contribution in [3.63, 3.8) is 0 Å². The molecule has 1 aliphatic carbocycles. The van der Waals surface area contributed by atoms with Crippen molar-refractivity contribution in [1.29, 1.82) is 5.26 Å². The summed E-state index contributed by atoms with van der Waals surface area (Å²) in [6.45, 7) is 1.74. The number of anilines is 1. The minimum atomic E-state index is -0.0214. The lowest BCUT2D eigenvalue weighted by Gasteiger charge is -2.33. The summed E-state index contributed by atoms with van der Waals surface area (Å²) in [7, 11) is 0. The Bertz CT molecular complexity index is 566. The number of urea groups is 1. The minimum absolute atomic E-state index is 0.0214. The zero-order chi connectivity index (χ0) is 16.1. The van der Waals surface area contributed by atoms with Crippen molar-refractivity contribution in [2.45, 2.75) is 50.6 Å². The van der Waals surface area contributed by atoms with Crippen LogP contribution in [0.15, 0.2) is 18.3 Å². The molecule has 1 saturated heterocycles. The monoisotopic (exact) mass is 313 g/mol. The molecule has 0 unspecified atom stereocenters. The number of carbonyl (C=O) groups is 1. The molecule has 6 nitrogen and oxygen atoms in total. The van der Waals surface area contributed by atoms with Gasteiger partial charge in [-0.05, 0) is 37.8 Å². The number of nitrogens with zero attached hydrogens (tertiary/aromatic N) is 3. The summed E-state index contributed by atoms with van der Waals surface area (Å²) in [5.41, 5.74) is 0.578. The maximum Gasteiger partial charge on any atom is 0.315 e. The van der Waals surface area contributed by atoms with E-state index in [1.807, 2.05) is 6.07 Å². The van der Waals surface area contributed by atoms with Gasteiger partial charge in [0, 0.05) is 31.4 Å². The highest BCUT2D eigenvalue weighted by Gasteiger charge is 2.23. The van der Waals surface area contributed by atoms with E-state index >= 15 is 0 Å². The topological polar surface area (TPSA) is 81.0 Å². The van der Waals surface area contributed by atoms with E-state index in [1.54, 1.807) is 12.3 Å². The molecule has 122 valence electrons. The molecule has 2 amide bonds. The van der Waals surface area contributed by atoms with Gasteiger partial charge >= 0.3 is 6.03 Å². The summed E-state index contributed by atoms with van der Waals surface area (Å²) in [6.07, 6.45) is 8.10. The highest BCUT2D eigenvalue weighted by Crippen LogP contribution is 2.19. The molecule has 1 aromatic rings. The fourth-order valence-electron chi connectivity index (χ4n) is 3.37. The summed E-state index contributed by atoms with van der Waals surface area (Å²) in [6, 6.07) is 6.33. The van der Waals surface area contributed by atoms with E-state index in [-0.39, 0.29) is 12.1 Å². The third kappa shape index (κ3) is 4.13. The molecule has 6 heteroatoms. The number of hydrogen-bond acceptors (Lipinski definition) is 4. The number of rotatable bonds is 3. The molecule has 0 atom stereocenters. The van der Waals surface area contributed by atoms with Gasteiger partial charge in [-0.3, -0.25) is 0 Å². The van der Waals surface area contributed by atoms with Gasteiger partial charge in [-0.15, -0.1) is 0 Å². The maximum absolute atomic E-state index is 12.0. The van der Waals surface area contributed by atoms with Crippen molar-refractivity contribution in [2.24, 2.45) is 0 Å². The van der Waals surface area contributed by atoms with E-state index < -0.39 is 0 Å². The summed E-state index contributed by atoms with van der Waals surface area (Å²) in [4.78, 5) is 18.5. The Morgan fingerprint density at radius 1 is 1.13 bits per heavy atom. The number of amides is 2. The van der Waals surface area contributed by atoms with Crippen LogP contribution in [0.5, 0.6) is 0 Å². The van der Waals surface area contributed by atoms with Crippen molar-refractivity contribution < 1.29 is 4.79 Å². The van der Waals surface area contributed by atoms with Gasteiger partial charge in [-0.1, -0.05) is 12.8 Å². The van der Waals surface area contributed by atoms with Gasteiger partial charge < -0.3 is 15.5 Å². The predicted octanol–water partition coefficient (Wildman–Crippen LogP) is 2.16. The van der Waals surface area contributed by atoms with Crippen molar-refractivity contribution in [2.75, 3.05) is 18.0 Å². The van der Waals surface area contributed by atoms with Crippen LogP contribution in [-0.4, -0.2) is 36.2 Å². The van der Waals surface area contributed by atoms with Crippen LogP contribution in [0.4, 0.5) is 10.6 Å². The number of nitriles is 1. The lowest BCUT2D eigenvalue weighted by molar-refractivity contribution is 0.230. The first kappa shape index (κ1) is 15.6. The Balaban J connectivity index is 1.44. The van der Waals surface area contributed by atoms with Crippen molar-refractivity contribution in [1.82, 2.24) is 15.6 Å². The van der Waals surface area contributed by atoms with Crippen LogP contribution < -0.4 is 15.5 Å². The molecule has 23 heavy (non-hydrogen) atoms. The molecular formula is C17H23N5O. The van der Waals surface area contributed by atoms with Crippen molar-refractivity contribution >= 4 is 11.8 Å². The van der Waals surface area contributed by atoms with E-state index in [2.05, 4.69) is 26.6 Å². The normalized spacial score (nSPS) is 19.3. The van der Waals surface area contributed by atoms with Gasteiger partial charge in [0.25, 0.3) is 0 Å². The first-order valence-electron chi connectivity index (χ1n) is 8.43. The lowest BCUT2D eigenvalue weighted by Crippen LogP contribution is -2.49. The molecule has 1 aliphatic heterocycles. The second kappa shape index (κ2) is 7.32. The third-order valence-electron chi connectivity index (χ3n) is 4.72. The number of nitrogens with one attached hydrogen (secondary N) is 2. The number of piperidine rings is 1. The highest BCUT2D eigenvalue weighted by atomic mass is 16.2. The molecule has 2 aliphatic rings. The van der Waals surface area contributed by atoms with Gasteiger partial charge in [-0.25, -0.2) is 9.78 Å². The summed E-state index contributed by atoms with van der Waals surface area (Å²) < 4.78 is 0. The van der Waals surface area contributed by atoms with Gasteiger partial charge in [-0.2, -0.15) is 5.26 Å². The molecular weight excluding hydrogens is 290 g/mol. The second-order valence-corrected chi connectivity index (χ2v) is 6.38. The zero-order valence-corrected chi connectivity index (χ0v) is 13.3. The van der Waals surface area contributed by atoms with Crippen LogP contribution in [0.25, 0.3) is 0 Å². The third-order valence-corrected chi connectivity index (χ3v) is 4.72. The highest BCUT2D eigenvalue weighted by molar-refractivity contribution is 5.74. The van der Waals surface area contributed by atoms with Crippen LogP contribution in [0, 0.1) is 11.3 Å². The van der Waals surface area contributed by atoms with Crippen LogP contribution in [-0.2, 0) is 0 Å². The zero-order valence-electron chi connectivity index (χ0n) is 13.3. The van der Waals surface area contributed by atoms with E-state index in [0.29, 0.717) is 11.6 Å². The second-order valence-electron chi connectivity index (χ2n) is 6.38. The van der Waals surface area contributed by atoms with Gasteiger partial charge in [0.1, 0.15) is 11.9 Å². The average Bonchev–Trinajstić information content (AvgIpc) is 3.08. The smallest absolute Gasteiger partial charge is 0.315 e. The Morgan fingerprint density at radius 2 is 1.78 bits per heavy atom. The lowest BCUT2D eigenvalue weighted by atomic mass is 10.1. The van der Waals surface area contributed by atoms with Crippen LogP contribution in [0.2, 0.25) is 0 Å². The number of aromatic nitrogens is 1. The number of carbonyl (C=O) groups excluding carboxylic acids is 1. The Kier molecular flexibility index (Phi) is 4.96. The van der Waals surface area contributed by atoms with E-state index in [9.17, 15) is 4.79 Å². The van der Waals surface area contributed by atoms with Gasteiger partial charge in [0.05, 0.1) is 5.56 Å². The molecule has 0 aromatic carbocycles. The first-order chi connectivity index (χ1) is 11.2. The predicted molar refractivity (Wildman–Crippen MR) is 88.1 cm³/mol. The molecule has 2 heterocycles. The number of hydrogen-bond donors (Lipinski definition) is 2. The fraction of sp³-hybridized carbons (Fsp3) is 0.588. The molecule has 2 fully saturated rings. The summed E-state index contributed by atoms with van der Waals surface area (Å²) >= 11 is 0. The maximum atomic E-state index is 12.0. The minimum Gasteiger partial charge on any atom is -0.356 e. The molecule has 1 saturated carbocycles. The first-order valence-corrected chi connectivity index (χ1v) is 8.43. The molecule has 0 bridgehead atoms. The number of pyridine rings is 1. The quantitative estimate of drug-likeness (QED) is 0.896. The van der Waals surface area contributed by atoms with Crippen molar-refractivity contribution in [3.05, 3.63) is 23.9 Å². The Morgan fingerprint density at radius 3 is 2.35 bits per heavy atom. The van der Waals surface area contributed by atoms with Crippen LogP contribution in [0.3, 0.4) is 0 Å². The van der Waals surface area contributed by atoms with Gasteiger partial charge in [0.2, 0.25) is 0 Å². The summed E-state index contributed by atoms with van der Waals surface area (Å²) in [5, 5.41) is 15.0. The van der Waals surface area contributed by atoms with Crippen LogP contribution >= 0.6 is 0 Å². The van der Waals surface area contributed by atoms with Crippen LogP contribution in [0.1, 0.15) is 44.1 Å². The Hall–Kier alpha value is -2.29. The van der Waals surface area contributed by atoms with Crippen molar-refractivity contribution in [3.8, 4) is 6.07 Å². The molecule has 0 radical (unpaired) electrons. The van der Waals surface area contributed by atoms with E-state index in [1.165, 1.54) is 12.8 Å². The largest absolute Gasteiger partial charge is 0.356 e. The standard InChI is InChI=1S/C17H23N5O/c18-11-13-5-6-16(19-12-13)22-9-7-15(8-10-22)21-17(23)20-14-3-1-2-4-14/h5-6,12,14-15H,1-4,7-10H2,(H2,20,21,23). The average molecular weight is 313 g/mol. The van der Waals surface area contributed by atoms with E-state index in [4.69, 9.17) is 5.26 Å². The SMILES string of the molecule is N#Cc1ccc(N2CCC(NC(=O)NC3CCCC3)CC2)nc1. The fourth-order valence-corrected chi connectivity index (χ4v) is 3.37. The molecule has 2 N–H and O–H groups in total.